The molecule has 0 bridgehead atoms. The predicted molar refractivity (Wildman–Crippen MR) is 84.1 cm³/mol. The van der Waals surface area contributed by atoms with E-state index in [1.165, 1.54) is 0 Å². The van der Waals surface area contributed by atoms with Crippen molar-refractivity contribution in [1.82, 2.24) is 0 Å². The largest absolute Gasteiger partial charge is 0.497 e. The summed E-state index contributed by atoms with van der Waals surface area (Å²) in [5.74, 6) is 1.54. The maximum Gasteiger partial charge on any atom is 0.125 e. The standard InChI is InChI=1S/C16H17NO3S/c1-17-12-5-4-10(19-2)8-15(12)21-16-11(9-18)14(20-3)7-6-13(16)17/h4-8,18H,9H2,1-3H3. The lowest BCUT2D eigenvalue weighted by Gasteiger charge is -2.31. The van der Waals surface area contributed by atoms with Gasteiger partial charge in [-0.15, -0.1) is 0 Å². The maximum atomic E-state index is 9.70. The number of hydrogen-bond donors (Lipinski definition) is 1. The summed E-state index contributed by atoms with van der Waals surface area (Å²) >= 11 is 1.63. The number of fused-ring (bicyclic) bond motifs is 2. The molecule has 21 heavy (non-hydrogen) atoms. The van der Waals surface area contributed by atoms with Gasteiger partial charge < -0.3 is 19.5 Å². The van der Waals surface area contributed by atoms with Gasteiger partial charge in [-0.2, -0.15) is 0 Å². The molecule has 0 saturated carbocycles. The Morgan fingerprint density at radius 3 is 2.52 bits per heavy atom. The number of nitrogens with zero attached hydrogens (tertiary/aromatic N) is 1. The summed E-state index contributed by atoms with van der Waals surface area (Å²) < 4.78 is 10.7. The second kappa shape index (κ2) is 5.50. The topological polar surface area (TPSA) is 41.9 Å². The Morgan fingerprint density at radius 1 is 1.10 bits per heavy atom. The van der Waals surface area contributed by atoms with Crippen molar-refractivity contribution < 1.29 is 14.6 Å². The molecule has 0 saturated heterocycles. The van der Waals surface area contributed by atoms with Crippen LogP contribution >= 0.6 is 11.8 Å². The van der Waals surface area contributed by atoms with Crippen LogP contribution in [-0.2, 0) is 6.61 Å². The van der Waals surface area contributed by atoms with Crippen LogP contribution in [0.1, 0.15) is 5.56 Å². The SMILES string of the molecule is COc1ccc2c(c1)Sc1c(ccc(OC)c1CO)N2C. The number of hydrogen-bond acceptors (Lipinski definition) is 5. The van der Waals surface area contributed by atoms with Gasteiger partial charge >= 0.3 is 0 Å². The molecule has 0 aromatic heterocycles. The average molecular weight is 303 g/mol. The molecule has 1 N–H and O–H groups in total. The zero-order valence-corrected chi connectivity index (χ0v) is 13.0. The molecule has 0 spiro atoms. The number of aliphatic hydroxyl groups excluding tert-OH is 1. The lowest BCUT2D eigenvalue weighted by Crippen LogP contribution is -2.16. The summed E-state index contributed by atoms with van der Waals surface area (Å²) in [6.07, 6.45) is 0. The fourth-order valence-electron chi connectivity index (χ4n) is 2.54. The number of benzene rings is 2. The molecule has 3 rings (SSSR count). The van der Waals surface area contributed by atoms with Crippen LogP contribution in [0.4, 0.5) is 11.4 Å². The smallest absolute Gasteiger partial charge is 0.125 e. The van der Waals surface area contributed by atoms with Gasteiger partial charge in [0.05, 0.1) is 32.2 Å². The number of anilines is 2. The van der Waals surface area contributed by atoms with E-state index in [1.54, 1.807) is 26.0 Å². The van der Waals surface area contributed by atoms with Crippen molar-refractivity contribution in [3.8, 4) is 11.5 Å². The third-order valence-corrected chi connectivity index (χ3v) is 4.88. The first kappa shape index (κ1) is 14.1. The Bertz CT molecular complexity index is 687. The minimum absolute atomic E-state index is 0.0491. The second-order valence-electron chi connectivity index (χ2n) is 4.75. The monoisotopic (exact) mass is 303 g/mol. The summed E-state index contributed by atoms with van der Waals surface area (Å²) in [6.45, 7) is -0.0491. The van der Waals surface area contributed by atoms with Gasteiger partial charge in [-0.05, 0) is 30.3 Å². The van der Waals surface area contributed by atoms with E-state index in [9.17, 15) is 5.11 Å². The van der Waals surface area contributed by atoms with Crippen molar-refractivity contribution in [2.45, 2.75) is 16.4 Å². The van der Waals surface area contributed by atoms with Crippen LogP contribution in [0.2, 0.25) is 0 Å². The molecule has 0 unspecified atom stereocenters. The van der Waals surface area contributed by atoms with E-state index in [1.807, 2.05) is 37.4 Å². The van der Waals surface area contributed by atoms with Crippen molar-refractivity contribution in [2.75, 3.05) is 26.2 Å². The average Bonchev–Trinajstić information content (AvgIpc) is 2.53. The lowest BCUT2D eigenvalue weighted by molar-refractivity contribution is 0.270. The molecule has 110 valence electrons. The van der Waals surface area contributed by atoms with E-state index in [4.69, 9.17) is 9.47 Å². The van der Waals surface area contributed by atoms with E-state index >= 15 is 0 Å². The number of methoxy groups -OCH3 is 2. The van der Waals surface area contributed by atoms with Gasteiger partial charge in [0.2, 0.25) is 0 Å². The fraction of sp³-hybridized carbons (Fsp3) is 0.250. The lowest BCUT2D eigenvalue weighted by atomic mass is 10.1. The number of aliphatic hydroxyl groups is 1. The summed E-state index contributed by atoms with van der Waals surface area (Å²) in [4.78, 5) is 4.26. The van der Waals surface area contributed by atoms with Gasteiger partial charge in [-0.25, -0.2) is 0 Å². The van der Waals surface area contributed by atoms with Crippen LogP contribution < -0.4 is 14.4 Å². The minimum atomic E-state index is -0.0491. The molecule has 2 aromatic carbocycles. The summed E-state index contributed by atoms with van der Waals surface area (Å²) in [6, 6.07) is 9.94. The maximum absolute atomic E-state index is 9.70. The third-order valence-electron chi connectivity index (χ3n) is 3.68. The second-order valence-corrected chi connectivity index (χ2v) is 5.80. The van der Waals surface area contributed by atoms with Crippen molar-refractivity contribution >= 4 is 23.1 Å². The molecule has 0 atom stereocenters. The molecule has 0 radical (unpaired) electrons. The van der Waals surface area contributed by atoms with Gasteiger partial charge in [0.25, 0.3) is 0 Å². The normalized spacial score (nSPS) is 12.7. The van der Waals surface area contributed by atoms with Crippen LogP contribution in [0.15, 0.2) is 40.1 Å². The Balaban J connectivity index is 2.16. The number of ether oxygens (including phenoxy) is 2. The third kappa shape index (κ3) is 2.22. The first-order chi connectivity index (χ1) is 10.2. The van der Waals surface area contributed by atoms with Crippen molar-refractivity contribution in [3.05, 3.63) is 35.9 Å². The van der Waals surface area contributed by atoms with Crippen molar-refractivity contribution in [3.63, 3.8) is 0 Å². The van der Waals surface area contributed by atoms with Crippen LogP contribution in [0.25, 0.3) is 0 Å². The van der Waals surface area contributed by atoms with Crippen LogP contribution in [0.5, 0.6) is 11.5 Å². The van der Waals surface area contributed by atoms with Gasteiger partial charge in [0.15, 0.2) is 0 Å². The Labute approximate surface area is 128 Å². The molecule has 0 fully saturated rings. The molecule has 0 aliphatic carbocycles. The van der Waals surface area contributed by atoms with E-state index in [-0.39, 0.29) is 6.61 Å². The molecule has 1 aliphatic rings. The van der Waals surface area contributed by atoms with Crippen LogP contribution in [0.3, 0.4) is 0 Å². The predicted octanol–water partition coefficient (Wildman–Crippen LogP) is 3.43. The number of rotatable bonds is 3. The highest BCUT2D eigenvalue weighted by Gasteiger charge is 2.25. The quantitative estimate of drug-likeness (QED) is 0.941. The summed E-state index contributed by atoms with van der Waals surface area (Å²) in [5, 5.41) is 9.70. The Morgan fingerprint density at radius 2 is 1.86 bits per heavy atom. The molecular formula is C16H17NO3S. The minimum Gasteiger partial charge on any atom is -0.497 e. The fourth-order valence-corrected chi connectivity index (χ4v) is 3.84. The van der Waals surface area contributed by atoms with Crippen LogP contribution in [-0.4, -0.2) is 26.4 Å². The van der Waals surface area contributed by atoms with Gasteiger partial charge in [0, 0.05) is 22.4 Å². The molecule has 1 aliphatic heterocycles. The van der Waals surface area contributed by atoms with E-state index in [0.717, 1.165) is 32.5 Å². The highest BCUT2D eigenvalue weighted by Crippen LogP contribution is 2.51. The highest BCUT2D eigenvalue weighted by molar-refractivity contribution is 7.99. The van der Waals surface area contributed by atoms with E-state index < -0.39 is 0 Å². The Kier molecular flexibility index (Phi) is 3.69. The molecular weight excluding hydrogens is 286 g/mol. The van der Waals surface area contributed by atoms with Crippen molar-refractivity contribution in [2.24, 2.45) is 0 Å². The molecule has 1 heterocycles. The zero-order chi connectivity index (χ0) is 15.0. The molecule has 5 heteroatoms. The summed E-state index contributed by atoms with van der Waals surface area (Å²) in [7, 11) is 5.31. The van der Waals surface area contributed by atoms with Crippen LogP contribution in [0, 0.1) is 0 Å². The summed E-state index contributed by atoms with van der Waals surface area (Å²) in [5.41, 5.74) is 3.02. The first-order valence-corrected chi connectivity index (χ1v) is 7.41. The van der Waals surface area contributed by atoms with Crippen molar-refractivity contribution in [1.29, 1.82) is 0 Å². The van der Waals surface area contributed by atoms with Gasteiger partial charge in [-0.3, -0.25) is 0 Å². The highest BCUT2D eigenvalue weighted by atomic mass is 32.2. The van der Waals surface area contributed by atoms with E-state index in [0.29, 0.717) is 5.75 Å². The molecule has 2 aromatic rings. The Hall–Kier alpha value is -1.85. The molecule has 0 amide bonds. The molecule has 4 nitrogen and oxygen atoms in total. The van der Waals surface area contributed by atoms with Gasteiger partial charge in [-0.1, -0.05) is 11.8 Å². The van der Waals surface area contributed by atoms with Gasteiger partial charge in [0.1, 0.15) is 11.5 Å². The van der Waals surface area contributed by atoms with E-state index in [2.05, 4.69) is 4.90 Å². The zero-order valence-electron chi connectivity index (χ0n) is 12.2. The first-order valence-electron chi connectivity index (χ1n) is 6.60.